The number of amides is 1. The molecule has 0 aliphatic carbocycles. The van der Waals surface area contributed by atoms with E-state index in [-0.39, 0.29) is 23.6 Å². The average molecular weight is 550 g/mol. The van der Waals surface area contributed by atoms with Gasteiger partial charge >= 0.3 is 5.97 Å². The van der Waals surface area contributed by atoms with Crippen molar-refractivity contribution in [1.82, 2.24) is 5.48 Å². The molecule has 0 saturated carbocycles. The Hall–Kier alpha value is -4.52. The van der Waals surface area contributed by atoms with Crippen LogP contribution in [0.2, 0.25) is 0 Å². The maximum Gasteiger partial charge on any atom is 0.303 e. The highest BCUT2D eigenvalue weighted by atomic mass is 32.2. The summed E-state index contributed by atoms with van der Waals surface area (Å²) in [4.78, 5) is 30.6. The van der Waals surface area contributed by atoms with Crippen LogP contribution in [0.5, 0.6) is 0 Å². The van der Waals surface area contributed by atoms with Crippen LogP contribution in [0.15, 0.2) is 77.7 Å². The summed E-state index contributed by atoms with van der Waals surface area (Å²) in [5.41, 5.74) is 10.2. The molecule has 1 aliphatic rings. The second-order valence-corrected chi connectivity index (χ2v) is 10.6. The highest BCUT2D eigenvalue weighted by molar-refractivity contribution is 7.89. The van der Waals surface area contributed by atoms with Crippen LogP contribution in [0, 0.1) is 12.3 Å². The molecule has 1 atom stereocenters. The summed E-state index contributed by atoms with van der Waals surface area (Å²) >= 11 is 0. The average Bonchev–Trinajstić information content (AvgIpc) is 3.34. The van der Waals surface area contributed by atoms with Gasteiger partial charge in [0.1, 0.15) is 5.84 Å². The maximum absolute atomic E-state index is 13.5. The van der Waals surface area contributed by atoms with E-state index in [0.29, 0.717) is 39.2 Å². The van der Waals surface area contributed by atoms with Gasteiger partial charge in [0, 0.05) is 35.2 Å². The van der Waals surface area contributed by atoms with Crippen molar-refractivity contribution in [1.29, 1.82) is 5.41 Å². The van der Waals surface area contributed by atoms with Crippen molar-refractivity contribution in [3.05, 3.63) is 89.5 Å². The third-order valence-electron chi connectivity index (χ3n) is 6.28. The first-order chi connectivity index (χ1) is 18.4. The predicted molar refractivity (Wildman–Crippen MR) is 146 cm³/mol. The molecule has 0 saturated heterocycles. The summed E-state index contributed by atoms with van der Waals surface area (Å²) in [5.74, 6) is -1.83. The van der Waals surface area contributed by atoms with E-state index >= 15 is 0 Å². The van der Waals surface area contributed by atoms with Gasteiger partial charge in [-0.2, -0.15) is 0 Å². The second-order valence-electron chi connectivity index (χ2n) is 9.06. The van der Waals surface area contributed by atoms with Crippen molar-refractivity contribution in [2.75, 3.05) is 5.32 Å². The predicted octanol–water partition coefficient (Wildman–Crippen LogP) is 2.71. The molecule has 11 nitrogen and oxygen atoms in total. The Morgan fingerprint density at radius 2 is 1.82 bits per heavy atom. The normalized spacial score (nSPS) is 16.7. The minimum absolute atomic E-state index is 0.0225. The van der Waals surface area contributed by atoms with Gasteiger partial charge in [-0.1, -0.05) is 42.5 Å². The molecule has 3 aromatic carbocycles. The van der Waals surface area contributed by atoms with Gasteiger partial charge < -0.3 is 16.2 Å². The molecule has 3 aromatic rings. The van der Waals surface area contributed by atoms with E-state index in [1.165, 1.54) is 12.1 Å². The third-order valence-corrected chi connectivity index (χ3v) is 7.25. The van der Waals surface area contributed by atoms with Crippen molar-refractivity contribution in [3.63, 3.8) is 0 Å². The fourth-order valence-corrected chi connectivity index (χ4v) is 4.99. The molecule has 12 heteroatoms. The quantitative estimate of drug-likeness (QED) is 0.173. The van der Waals surface area contributed by atoms with Crippen molar-refractivity contribution in [3.8, 4) is 11.1 Å². The summed E-state index contributed by atoms with van der Waals surface area (Å²) in [6.07, 6.45) is 1.02. The highest BCUT2D eigenvalue weighted by Gasteiger charge is 2.43. The number of hydrogen-bond acceptors (Lipinski definition) is 7. The van der Waals surface area contributed by atoms with Crippen LogP contribution in [0.4, 0.5) is 5.69 Å². The molecule has 1 aliphatic heterocycles. The Labute approximate surface area is 225 Å². The Kier molecular flexibility index (Phi) is 7.54. The van der Waals surface area contributed by atoms with Crippen molar-refractivity contribution < 1.29 is 28.0 Å². The van der Waals surface area contributed by atoms with Gasteiger partial charge in [-0.3, -0.25) is 25.3 Å². The van der Waals surface area contributed by atoms with Crippen molar-refractivity contribution in [2.45, 2.75) is 30.3 Å². The molecule has 1 heterocycles. The van der Waals surface area contributed by atoms with Gasteiger partial charge in [0.25, 0.3) is 5.91 Å². The first-order valence-electron chi connectivity index (χ1n) is 11.8. The number of aryl methyl sites for hydroxylation is 1. The lowest BCUT2D eigenvalue weighted by Gasteiger charge is -2.24. The lowest BCUT2D eigenvalue weighted by Crippen LogP contribution is -2.43. The van der Waals surface area contributed by atoms with E-state index in [1.807, 2.05) is 0 Å². The summed E-state index contributed by atoms with van der Waals surface area (Å²) < 4.78 is 24.1. The first kappa shape index (κ1) is 27.5. The van der Waals surface area contributed by atoms with Gasteiger partial charge in [0.2, 0.25) is 10.0 Å². The number of carbonyl (C=O) groups is 2. The van der Waals surface area contributed by atoms with Crippen LogP contribution >= 0.6 is 0 Å². The molecule has 0 spiro atoms. The minimum atomic E-state index is -3.96. The number of nitrogens with two attached hydrogens (primary N) is 2. The molecule has 8 N–H and O–H groups in total. The first-order valence-corrected chi connectivity index (χ1v) is 13.3. The van der Waals surface area contributed by atoms with Crippen LogP contribution in [0.1, 0.15) is 29.5 Å². The molecule has 1 amide bonds. The lowest BCUT2D eigenvalue weighted by molar-refractivity contribution is -0.143. The monoisotopic (exact) mass is 549 g/mol. The zero-order chi connectivity index (χ0) is 28.4. The summed E-state index contributed by atoms with van der Waals surface area (Å²) in [6, 6.07) is 18.1. The van der Waals surface area contributed by atoms with Crippen LogP contribution in [0.25, 0.3) is 16.8 Å². The molecular formula is C27H27N5O6S. The summed E-state index contributed by atoms with van der Waals surface area (Å²) in [7, 11) is -3.96. The number of sulfonamides is 1. The fraction of sp³-hybridized carbons (Fsp3) is 0.148. The SMILES string of the molecule is Cc1cc(-c2ccccc2S(N)(=O)=O)ccc1NC(=O)C1(CCC(=O)O)C=C(c2cccc(C(=N)N)c2)NO1. The zero-order valence-electron chi connectivity index (χ0n) is 20.9. The molecular weight excluding hydrogens is 522 g/mol. The van der Waals surface area contributed by atoms with Gasteiger partial charge in [0.05, 0.1) is 10.6 Å². The van der Waals surface area contributed by atoms with E-state index in [2.05, 4.69) is 10.8 Å². The van der Waals surface area contributed by atoms with Crippen molar-refractivity contribution in [2.24, 2.45) is 10.9 Å². The number of carboxylic acids is 1. The summed E-state index contributed by atoms with van der Waals surface area (Å²) in [5, 5.41) is 25.1. The van der Waals surface area contributed by atoms with E-state index in [1.54, 1.807) is 67.6 Å². The number of aliphatic carboxylic acids is 1. The largest absolute Gasteiger partial charge is 0.481 e. The number of primary sulfonamides is 1. The molecule has 0 aromatic heterocycles. The number of carbonyl (C=O) groups excluding carboxylic acids is 1. The summed E-state index contributed by atoms with van der Waals surface area (Å²) in [6.45, 7) is 1.74. The molecule has 39 heavy (non-hydrogen) atoms. The fourth-order valence-electron chi connectivity index (χ4n) is 4.23. The topological polar surface area (TPSA) is 198 Å². The Balaban J connectivity index is 1.65. The van der Waals surface area contributed by atoms with Gasteiger partial charge in [0.15, 0.2) is 5.60 Å². The van der Waals surface area contributed by atoms with E-state index in [9.17, 15) is 23.1 Å². The number of benzene rings is 3. The van der Waals surface area contributed by atoms with Gasteiger partial charge in [-0.25, -0.2) is 13.6 Å². The molecule has 0 radical (unpaired) electrons. The number of nitrogens with one attached hydrogen (secondary N) is 3. The van der Waals surface area contributed by atoms with Crippen LogP contribution in [-0.4, -0.2) is 36.8 Å². The maximum atomic E-state index is 13.5. The number of hydrogen-bond donors (Lipinski definition) is 6. The van der Waals surface area contributed by atoms with Crippen LogP contribution in [-0.2, 0) is 24.4 Å². The number of carboxylic acid groups (broad SMARTS) is 1. The Morgan fingerprint density at radius 1 is 1.08 bits per heavy atom. The second kappa shape index (κ2) is 10.7. The van der Waals surface area contributed by atoms with E-state index < -0.39 is 27.5 Å². The van der Waals surface area contributed by atoms with E-state index in [0.717, 1.165) is 0 Å². The number of rotatable bonds is 9. The molecule has 0 fully saturated rings. The lowest BCUT2D eigenvalue weighted by atomic mass is 9.93. The molecule has 0 bridgehead atoms. The Morgan fingerprint density at radius 3 is 2.49 bits per heavy atom. The standard InChI is InChI=1S/C27H27N5O6S/c1-16-13-17(20-7-2-3-8-23(20)39(30,36)37)9-10-21(16)31-26(35)27(12-11-24(33)34)15-22(32-38-27)18-5-4-6-19(14-18)25(28)29/h2-10,13-15,32H,11-12H2,1H3,(H3,28,29)(H,31,35)(H,33,34)(H2,30,36,37). The third kappa shape index (κ3) is 5.98. The smallest absolute Gasteiger partial charge is 0.303 e. The van der Waals surface area contributed by atoms with Crippen LogP contribution < -0.4 is 21.7 Å². The number of nitrogen functional groups attached to an aromatic ring is 1. The molecule has 4 rings (SSSR count). The zero-order valence-corrected chi connectivity index (χ0v) is 21.7. The number of amidine groups is 1. The molecule has 202 valence electrons. The minimum Gasteiger partial charge on any atom is -0.481 e. The Bertz CT molecular complexity index is 1620. The molecule has 1 unspecified atom stereocenters. The number of hydroxylamine groups is 1. The van der Waals surface area contributed by atoms with E-state index in [4.69, 9.17) is 21.1 Å². The van der Waals surface area contributed by atoms with Crippen LogP contribution in [0.3, 0.4) is 0 Å². The van der Waals surface area contributed by atoms with Crippen molar-refractivity contribution >= 4 is 39.1 Å². The number of anilines is 1. The van der Waals surface area contributed by atoms with Gasteiger partial charge in [-0.05, 0) is 48.4 Å². The highest BCUT2D eigenvalue weighted by Crippen LogP contribution is 2.34. The van der Waals surface area contributed by atoms with Gasteiger partial charge in [-0.15, -0.1) is 0 Å².